The summed E-state index contributed by atoms with van der Waals surface area (Å²) in [6.45, 7) is 3.25. The van der Waals surface area contributed by atoms with E-state index in [1.165, 1.54) is 12.4 Å². The molecule has 0 aliphatic carbocycles. The molecule has 2 aromatic heterocycles. The number of halogens is 1. The number of carbonyl (C=O) groups is 1. The Morgan fingerprint density at radius 1 is 1.09 bits per heavy atom. The predicted octanol–water partition coefficient (Wildman–Crippen LogP) is 2.75. The van der Waals surface area contributed by atoms with Gasteiger partial charge in [-0.05, 0) is 35.9 Å². The molecule has 1 amide bonds. The maximum Gasteiger partial charge on any atom is 0.251 e. The molecular weight excluding hydrogens is 425 g/mol. The molecule has 166 valence electrons. The number of nitrogens with one attached hydrogen (secondary N) is 2. The van der Waals surface area contributed by atoms with Gasteiger partial charge in [-0.1, -0.05) is 6.07 Å². The molecule has 0 saturated carbocycles. The molecule has 0 spiro atoms. The maximum absolute atomic E-state index is 14.9. The van der Waals surface area contributed by atoms with Crippen LogP contribution < -0.4 is 15.5 Å². The number of hydrogen-bond donors (Lipinski definition) is 2. The first-order chi connectivity index (χ1) is 16.2. The maximum atomic E-state index is 14.9. The minimum absolute atomic E-state index is 0.0678. The molecule has 2 aromatic carbocycles. The first kappa shape index (κ1) is 19.6. The lowest BCUT2D eigenvalue weighted by molar-refractivity contribution is 0.0965. The van der Waals surface area contributed by atoms with Gasteiger partial charge in [0.15, 0.2) is 11.5 Å². The number of nitrogens with zero attached hydrogens (tertiary/aromatic N) is 5. The first-order valence-electron chi connectivity index (χ1n) is 10.7. The standard InChI is InChI=1S/C23H20FN7O2/c24-18-10-16(30-5-7-33-8-6-30)2-4-19(18)29-21-22-27-13-28-31(22)20(12-25-21)14-1-3-17-15(9-14)11-26-23(17)32/h1-4,9-10,12-13H,5-8,11H2,(H,25,29)(H,26,32). The van der Waals surface area contributed by atoms with E-state index in [1.807, 2.05) is 18.2 Å². The number of aromatic nitrogens is 4. The topological polar surface area (TPSA) is 96.7 Å². The van der Waals surface area contributed by atoms with Crippen LogP contribution in [0.3, 0.4) is 0 Å². The van der Waals surface area contributed by atoms with E-state index in [4.69, 9.17) is 4.74 Å². The molecule has 1 saturated heterocycles. The Labute approximate surface area is 188 Å². The average molecular weight is 445 g/mol. The van der Waals surface area contributed by atoms with Gasteiger partial charge in [0.1, 0.15) is 12.1 Å². The van der Waals surface area contributed by atoms with Gasteiger partial charge < -0.3 is 20.3 Å². The molecule has 4 heterocycles. The van der Waals surface area contributed by atoms with Crippen molar-refractivity contribution in [3.63, 3.8) is 0 Å². The summed E-state index contributed by atoms with van der Waals surface area (Å²) in [7, 11) is 0. The lowest BCUT2D eigenvalue weighted by atomic mass is 10.0. The molecule has 1 fully saturated rings. The van der Waals surface area contributed by atoms with Gasteiger partial charge in [0.2, 0.25) is 0 Å². The molecular formula is C23H20FN7O2. The van der Waals surface area contributed by atoms with Crippen LogP contribution >= 0.6 is 0 Å². The summed E-state index contributed by atoms with van der Waals surface area (Å²) in [5.74, 6) is -0.0487. The Bertz CT molecular complexity index is 1380. The molecule has 10 heteroatoms. The van der Waals surface area contributed by atoms with Crippen LogP contribution in [0.15, 0.2) is 48.9 Å². The van der Waals surface area contributed by atoms with Gasteiger partial charge in [-0.3, -0.25) is 4.79 Å². The average Bonchev–Trinajstić information content (AvgIpc) is 3.48. The van der Waals surface area contributed by atoms with Crippen LogP contribution in [0.2, 0.25) is 0 Å². The number of benzene rings is 2. The molecule has 4 aromatic rings. The van der Waals surface area contributed by atoms with Crippen LogP contribution in [0.1, 0.15) is 15.9 Å². The fourth-order valence-corrected chi connectivity index (χ4v) is 4.25. The van der Waals surface area contributed by atoms with E-state index in [2.05, 4.69) is 30.6 Å². The third-order valence-electron chi connectivity index (χ3n) is 5.97. The number of ether oxygens (including phenoxy) is 1. The summed E-state index contributed by atoms with van der Waals surface area (Å²) in [4.78, 5) is 22.8. The largest absolute Gasteiger partial charge is 0.378 e. The highest BCUT2D eigenvalue weighted by atomic mass is 19.1. The van der Waals surface area contributed by atoms with Crippen molar-refractivity contribution >= 4 is 28.7 Å². The van der Waals surface area contributed by atoms with Gasteiger partial charge in [-0.15, -0.1) is 0 Å². The smallest absolute Gasteiger partial charge is 0.251 e. The molecule has 2 aliphatic heterocycles. The molecule has 2 aliphatic rings. The van der Waals surface area contributed by atoms with Crippen molar-refractivity contribution in [2.24, 2.45) is 0 Å². The summed E-state index contributed by atoms with van der Waals surface area (Å²) >= 11 is 0. The second-order valence-electron chi connectivity index (χ2n) is 7.93. The van der Waals surface area contributed by atoms with E-state index in [9.17, 15) is 9.18 Å². The molecule has 0 bridgehead atoms. The number of morpholine rings is 1. The summed E-state index contributed by atoms with van der Waals surface area (Å²) in [5, 5.41) is 10.2. The zero-order valence-corrected chi connectivity index (χ0v) is 17.6. The van der Waals surface area contributed by atoms with Crippen molar-refractivity contribution in [1.29, 1.82) is 0 Å². The zero-order valence-electron chi connectivity index (χ0n) is 17.6. The van der Waals surface area contributed by atoms with E-state index >= 15 is 0 Å². The van der Waals surface area contributed by atoms with Gasteiger partial charge in [0.05, 0.1) is 30.8 Å². The number of fused-ring (bicyclic) bond motifs is 2. The molecule has 0 radical (unpaired) electrons. The fraction of sp³-hybridized carbons (Fsp3) is 0.217. The Morgan fingerprint density at radius 3 is 2.82 bits per heavy atom. The van der Waals surface area contributed by atoms with Gasteiger partial charge in [-0.2, -0.15) is 5.10 Å². The first-order valence-corrected chi connectivity index (χ1v) is 10.7. The summed E-state index contributed by atoms with van der Waals surface area (Å²) in [6.07, 6.45) is 3.10. The van der Waals surface area contributed by atoms with E-state index < -0.39 is 0 Å². The van der Waals surface area contributed by atoms with Crippen molar-refractivity contribution in [2.45, 2.75) is 6.54 Å². The zero-order chi connectivity index (χ0) is 22.4. The van der Waals surface area contributed by atoms with Crippen LogP contribution in [0.25, 0.3) is 16.9 Å². The number of amides is 1. The molecule has 2 N–H and O–H groups in total. The Hall–Kier alpha value is -4.05. The Kier molecular flexibility index (Phi) is 4.65. The highest BCUT2D eigenvalue weighted by molar-refractivity contribution is 5.98. The minimum atomic E-state index is -0.377. The van der Waals surface area contributed by atoms with Crippen LogP contribution in [-0.2, 0) is 11.3 Å². The van der Waals surface area contributed by atoms with Crippen molar-refractivity contribution in [1.82, 2.24) is 24.9 Å². The minimum Gasteiger partial charge on any atom is -0.378 e. The second-order valence-corrected chi connectivity index (χ2v) is 7.93. The van der Waals surface area contributed by atoms with Gasteiger partial charge in [0.25, 0.3) is 5.91 Å². The number of anilines is 3. The normalized spacial score (nSPS) is 15.5. The molecule has 9 nitrogen and oxygen atoms in total. The SMILES string of the molecule is O=C1NCc2cc(-c3cnc(Nc4ccc(N5CCOCC5)cc4F)c4ncnn34)ccc21. The lowest BCUT2D eigenvalue weighted by Crippen LogP contribution is -2.36. The number of rotatable bonds is 4. The lowest BCUT2D eigenvalue weighted by Gasteiger charge is -2.29. The van der Waals surface area contributed by atoms with Gasteiger partial charge in [-0.25, -0.2) is 18.9 Å². The monoisotopic (exact) mass is 445 g/mol. The fourth-order valence-electron chi connectivity index (χ4n) is 4.25. The summed E-state index contributed by atoms with van der Waals surface area (Å²) in [5.41, 5.74) is 4.78. The molecule has 0 unspecified atom stereocenters. The highest BCUT2D eigenvalue weighted by Gasteiger charge is 2.20. The summed E-state index contributed by atoms with van der Waals surface area (Å²) in [6, 6.07) is 10.7. The number of hydrogen-bond acceptors (Lipinski definition) is 7. The van der Waals surface area contributed by atoms with Gasteiger partial charge in [0, 0.05) is 36.4 Å². The third-order valence-corrected chi connectivity index (χ3v) is 5.97. The van der Waals surface area contributed by atoms with Gasteiger partial charge >= 0.3 is 0 Å². The molecule has 0 atom stereocenters. The third kappa shape index (κ3) is 3.44. The van der Waals surface area contributed by atoms with E-state index in [0.717, 1.165) is 35.6 Å². The highest BCUT2D eigenvalue weighted by Crippen LogP contribution is 2.29. The van der Waals surface area contributed by atoms with E-state index in [1.54, 1.807) is 22.8 Å². The second kappa shape index (κ2) is 7.82. The van der Waals surface area contributed by atoms with E-state index in [-0.39, 0.29) is 11.7 Å². The molecule has 6 rings (SSSR count). The van der Waals surface area contributed by atoms with Crippen molar-refractivity contribution < 1.29 is 13.9 Å². The number of carbonyl (C=O) groups excluding carboxylic acids is 1. The van der Waals surface area contributed by atoms with Crippen molar-refractivity contribution in [2.75, 3.05) is 36.5 Å². The Morgan fingerprint density at radius 2 is 1.97 bits per heavy atom. The summed E-state index contributed by atoms with van der Waals surface area (Å²) < 4.78 is 21.9. The van der Waals surface area contributed by atoms with Crippen LogP contribution in [0.4, 0.5) is 21.6 Å². The van der Waals surface area contributed by atoms with E-state index in [0.29, 0.717) is 42.5 Å². The van der Waals surface area contributed by atoms with Crippen molar-refractivity contribution in [3.05, 3.63) is 65.9 Å². The van der Waals surface area contributed by atoms with Crippen LogP contribution in [-0.4, -0.2) is 51.8 Å². The predicted molar refractivity (Wildman–Crippen MR) is 120 cm³/mol. The van der Waals surface area contributed by atoms with Crippen LogP contribution in [0.5, 0.6) is 0 Å². The quantitative estimate of drug-likeness (QED) is 0.499. The Balaban J connectivity index is 1.31. The van der Waals surface area contributed by atoms with Crippen LogP contribution in [0, 0.1) is 5.82 Å². The van der Waals surface area contributed by atoms with Crippen molar-refractivity contribution in [3.8, 4) is 11.3 Å². The molecule has 33 heavy (non-hydrogen) atoms.